The Kier molecular flexibility index (Phi) is 4.40. The van der Waals surface area contributed by atoms with Crippen molar-refractivity contribution < 1.29 is 4.79 Å². The van der Waals surface area contributed by atoms with Crippen molar-refractivity contribution in [3.05, 3.63) is 29.3 Å². The van der Waals surface area contributed by atoms with Gasteiger partial charge in [-0.25, -0.2) is 0 Å². The summed E-state index contributed by atoms with van der Waals surface area (Å²) < 4.78 is 0. The molecule has 4 heteroatoms. The second-order valence-corrected chi connectivity index (χ2v) is 5.55. The first kappa shape index (κ1) is 13.8. The Balaban J connectivity index is 2.57. The minimum atomic E-state index is -0.282. The Bertz CT molecular complexity index is 381. The molecule has 0 bridgehead atoms. The van der Waals surface area contributed by atoms with Crippen molar-refractivity contribution in [1.29, 1.82) is 0 Å². The molecule has 0 aromatic heterocycles. The lowest BCUT2D eigenvalue weighted by Crippen LogP contribution is -2.47. The Morgan fingerprint density at radius 2 is 1.76 bits per heavy atom. The number of carbonyl (C=O) groups excluding carboxylic acids is 1. The maximum atomic E-state index is 11.8. The van der Waals surface area contributed by atoms with E-state index >= 15 is 0 Å². The van der Waals surface area contributed by atoms with Crippen LogP contribution in [0.2, 0.25) is 5.02 Å². The van der Waals surface area contributed by atoms with E-state index in [2.05, 4.69) is 10.6 Å². The molecule has 0 spiro atoms. The predicted molar refractivity (Wildman–Crippen MR) is 72.4 cm³/mol. The molecule has 1 atom stereocenters. The summed E-state index contributed by atoms with van der Waals surface area (Å²) in [6, 6.07) is 7.00. The quantitative estimate of drug-likeness (QED) is 0.871. The molecule has 1 aromatic carbocycles. The van der Waals surface area contributed by atoms with Gasteiger partial charge in [0.05, 0.1) is 0 Å². The molecule has 0 aliphatic rings. The van der Waals surface area contributed by atoms with Crippen molar-refractivity contribution in [2.24, 2.45) is 0 Å². The molecule has 1 amide bonds. The molecule has 1 unspecified atom stereocenters. The summed E-state index contributed by atoms with van der Waals surface area (Å²) in [5.41, 5.74) is 0.665. The molecule has 0 radical (unpaired) electrons. The minimum absolute atomic E-state index is 0.0209. The van der Waals surface area contributed by atoms with Gasteiger partial charge in [-0.3, -0.25) is 4.79 Å². The number of carbonyl (C=O) groups is 1. The van der Waals surface area contributed by atoms with Crippen molar-refractivity contribution >= 4 is 23.2 Å². The van der Waals surface area contributed by atoms with Crippen molar-refractivity contribution in [1.82, 2.24) is 5.32 Å². The first-order valence-electron chi connectivity index (χ1n) is 5.62. The van der Waals surface area contributed by atoms with E-state index in [0.717, 1.165) is 5.69 Å². The molecule has 0 aliphatic heterocycles. The first-order valence-corrected chi connectivity index (χ1v) is 6.00. The molecule has 17 heavy (non-hydrogen) atoms. The van der Waals surface area contributed by atoms with Crippen LogP contribution in [0.3, 0.4) is 0 Å². The zero-order chi connectivity index (χ0) is 13.1. The Hall–Kier alpha value is -1.22. The highest BCUT2D eigenvalue weighted by atomic mass is 35.5. The summed E-state index contributed by atoms with van der Waals surface area (Å²) in [6.45, 7) is 7.70. The number of amides is 1. The molecular formula is C13H19ClN2O. The zero-order valence-corrected chi connectivity index (χ0v) is 11.4. The lowest BCUT2D eigenvalue weighted by Gasteiger charge is -2.24. The van der Waals surface area contributed by atoms with E-state index in [9.17, 15) is 4.79 Å². The first-order chi connectivity index (χ1) is 7.78. The van der Waals surface area contributed by atoms with Gasteiger partial charge in [-0.15, -0.1) is 0 Å². The van der Waals surface area contributed by atoms with Gasteiger partial charge in [-0.1, -0.05) is 11.6 Å². The van der Waals surface area contributed by atoms with Gasteiger partial charge in [-0.05, 0) is 52.0 Å². The molecular weight excluding hydrogens is 236 g/mol. The Morgan fingerprint density at radius 1 is 1.24 bits per heavy atom. The molecule has 0 fully saturated rings. The number of nitrogens with one attached hydrogen (secondary N) is 2. The van der Waals surface area contributed by atoms with Crippen LogP contribution < -0.4 is 10.6 Å². The van der Waals surface area contributed by atoms with Crippen LogP contribution in [0, 0.1) is 0 Å². The lowest BCUT2D eigenvalue weighted by molar-refractivity contribution is -0.122. The number of rotatable bonds is 3. The molecule has 0 heterocycles. The van der Waals surface area contributed by atoms with Gasteiger partial charge >= 0.3 is 0 Å². The summed E-state index contributed by atoms with van der Waals surface area (Å²) in [5.74, 6) is -0.0209. The van der Waals surface area contributed by atoms with Crippen LogP contribution in [0.25, 0.3) is 0 Å². The minimum Gasteiger partial charge on any atom is -0.374 e. The van der Waals surface area contributed by atoms with Crippen LogP contribution >= 0.6 is 11.6 Å². The molecule has 0 aliphatic carbocycles. The second kappa shape index (κ2) is 5.41. The maximum absolute atomic E-state index is 11.8. The third-order valence-electron chi connectivity index (χ3n) is 2.12. The molecule has 1 aromatic rings. The topological polar surface area (TPSA) is 41.1 Å². The third-order valence-corrected chi connectivity index (χ3v) is 2.37. The lowest BCUT2D eigenvalue weighted by atomic mass is 10.1. The van der Waals surface area contributed by atoms with E-state index in [1.807, 2.05) is 39.8 Å². The number of hydrogen-bond acceptors (Lipinski definition) is 2. The van der Waals surface area contributed by atoms with Crippen LogP contribution in [0.1, 0.15) is 27.7 Å². The molecule has 94 valence electrons. The van der Waals surface area contributed by atoms with E-state index < -0.39 is 0 Å². The van der Waals surface area contributed by atoms with E-state index in [0.29, 0.717) is 5.02 Å². The predicted octanol–water partition coefficient (Wildman–Crippen LogP) is 3.06. The zero-order valence-electron chi connectivity index (χ0n) is 10.7. The Morgan fingerprint density at radius 3 is 2.24 bits per heavy atom. The van der Waals surface area contributed by atoms with Crippen LogP contribution in [0.5, 0.6) is 0 Å². The largest absolute Gasteiger partial charge is 0.374 e. The fourth-order valence-corrected chi connectivity index (χ4v) is 1.47. The maximum Gasteiger partial charge on any atom is 0.242 e. The fourth-order valence-electron chi connectivity index (χ4n) is 1.34. The van der Waals surface area contributed by atoms with Crippen LogP contribution in [-0.2, 0) is 4.79 Å². The average molecular weight is 255 g/mol. The smallest absolute Gasteiger partial charge is 0.242 e. The number of anilines is 1. The Labute approximate surface area is 108 Å². The highest BCUT2D eigenvalue weighted by molar-refractivity contribution is 6.30. The summed E-state index contributed by atoms with van der Waals surface area (Å²) in [4.78, 5) is 11.8. The standard InChI is InChI=1S/C13H19ClN2O/c1-9(12(17)16-13(2,3)4)15-11-7-5-10(14)6-8-11/h5-9,15H,1-4H3,(H,16,17). The summed E-state index contributed by atoms with van der Waals surface area (Å²) in [6.07, 6.45) is 0. The normalized spacial score (nSPS) is 13.0. The number of hydrogen-bond donors (Lipinski definition) is 2. The van der Waals surface area contributed by atoms with Gasteiger partial charge in [0.25, 0.3) is 0 Å². The second-order valence-electron chi connectivity index (χ2n) is 5.11. The molecule has 2 N–H and O–H groups in total. The number of benzene rings is 1. The van der Waals surface area contributed by atoms with Crippen LogP contribution in [0.4, 0.5) is 5.69 Å². The van der Waals surface area contributed by atoms with E-state index in [1.165, 1.54) is 0 Å². The molecule has 1 rings (SSSR count). The van der Waals surface area contributed by atoms with Crippen molar-refractivity contribution in [3.63, 3.8) is 0 Å². The highest BCUT2D eigenvalue weighted by Gasteiger charge is 2.18. The van der Waals surface area contributed by atoms with Crippen molar-refractivity contribution in [2.75, 3.05) is 5.32 Å². The van der Waals surface area contributed by atoms with Crippen molar-refractivity contribution in [3.8, 4) is 0 Å². The van der Waals surface area contributed by atoms with Gasteiger partial charge in [0, 0.05) is 16.2 Å². The van der Waals surface area contributed by atoms with Crippen LogP contribution in [0.15, 0.2) is 24.3 Å². The van der Waals surface area contributed by atoms with E-state index in [-0.39, 0.29) is 17.5 Å². The molecule has 3 nitrogen and oxygen atoms in total. The molecule has 0 saturated heterocycles. The van der Waals surface area contributed by atoms with Crippen LogP contribution in [-0.4, -0.2) is 17.5 Å². The third kappa shape index (κ3) is 5.09. The van der Waals surface area contributed by atoms with Gasteiger partial charge < -0.3 is 10.6 Å². The van der Waals surface area contributed by atoms with E-state index in [4.69, 9.17) is 11.6 Å². The SMILES string of the molecule is CC(Nc1ccc(Cl)cc1)C(=O)NC(C)(C)C. The van der Waals surface area contributed by atoms with Crippen molar-refractivity contribution in [2.45, 2.75) is 39.3 Å². The summed E-state index contributed by atoms with van der Waals surface area (Å²) >= 11 is 5.79. The molecule has 0 saturated carbocycles. The summed E-state index contributed by atoms with van der Waals surface area (Å²) in [7, 11) is 0. The van der Waals surface area contributed by atoms with E-state index in [1.54, 1.807) is 12.1 Å². The van der Waals surface area contributed by atoms with Gasteiger partial charge in [-0.2, -0.15) is 0 Å². The monoisotopic (exact) mass is 254 g/mol. The van der Waals surface area contributed by atoms with Gasteiger partial charge in [0.15, 0.2) is 0 Å². The average Bonchev–Trinajstić information content (AvgIpc) is 2.19. The van der Waals surface area contributed by atoms with Gasteiger partial charge in [0.1, 0.15) is 6.04 Å². The fraction of sp³-hybridized carbons (Fsp3) is 0.462. The summed E-state index contributed by atoms with van der Waals surface area (Å²) in [5, 5.41) is 6.73. The number of halogens is 1. The van der Waals surface area contributed by atoms with Gasteiger partial charge in [0.2, 0.25) is 5.91 Å². The highest BCUT2D eigenvalue weighted by Crippen LogP contribution is 2.14.